The van der Waals surface area contributed by atoms with Gasteiger partial charge in [-0.1, -0.05) is 38.7 Å². The Bertz CT molecular complexity index is 247. The number of carbonyl (C=O) groups is 1. The first-order chi connectivity index (χ1) is 8.20. The summed E-state index contributed by atoms with van der Waals surface area (Å²) in [4.78, 5) is 11.2. The summed E-state index contributed by atoms with van der Waals surface area (Å²) < 4.78 is 5.16. The molecule has 1 saturated heterocycles. The van der Waals surface area contributed by atoms with Gasteiger partial charge in [-0.05, 0) is 19.8 Å². The van der Waals surface area contributed by atoms with Crippen LogP contribution in [0.1, 0.15) is 51.9 Å². The molecule has 1 unspecified atom stereocenters. The van der Waals surface area contributed by atoms with E-state index in [-0.39, 0.29) is 5.91 Å². The lowest BCUT2D eigenvalue weighted by Gasteiger charge is -2.04. The fourth-order valence-corrected chi connectivity index (χ4v) is 1.79. The van der Waals surface area contributed by atoms with Crippen LogP contribution in [0.2, 0.25) is 0 Å². The van der Waals surface area contributed by atoms with Gasteiger partial charge in [0, 0.05) is 12.1 Å². The van der Waals surface area contributed by atoms with Crippen molar-refractivity contribution >= 4 is 5.91 Å². The summed E-state index contributed by atoms with van der Waals surface area (Å²) in [6, 6.07) is 0. The summed E-state index contributed by atoms with van der Waals surface area (Å²) in [5.41, 5.74) is 0.590. The maximum atomic E-state index is 11.2. The van der Waals surface area contributed by atoms with Crippen LogP contribution in [-0.2, 0) is 9.53 Å². The van der Waals surface area contributed by atoms with Crippen LogP contribution in [0.15, 0.2) is 12.2 Å². The van der Waals surface area contributed by atoms with E-state index in [2.05, 4.69) is 11.9 Å². The minimum absolute atomic E-state index is 0.0190. The van der Waals surface area contributed by atoms with Gasteiger partial charge in [-0.15, -0.1) is 0 Å². The highest BCUT2D eigenvalue weighted by Gasteiger charge is 2.20. The van der Waals surface area contributed by atoms with Gasteiger partial charge in [-0.25, -0.2) is 0 Å². The number of carbonyl (C=O) groups excluding carboxylic acids is 1. The van der Waals surface area contributed by atoms with E-state index in [0.717, 1.165) is 19.6 Å². The molecule has 1 atom stereocenters. The number of hydrogen-bond donors (Lipinski definition) is 1. The molecule has 1 rings (SSSR count). The number of ether oxygens (including phenoxy) is 1. The summed E-state index contributed by atoms with van der Waals surface area (Å²) in [5.74, 6) is -0.0190. The largest absolute Gasteiger partial charge is 0.373 e. The molecule has 3 nitrogen and oxygen atoms in total. The van der Waals surface area contributed by atoms with Crippen LogP contribution in [0.5, 0.6) is 0 Å². The SMILES string of the molecule is C=C(C)C(=O)NCCCCCCCCC1CO1. The first-order valence-corrected chi connectivity index (χ1v) is 6.75. The van der Waals surface area contributed by atoms with Gasteiger partial charge in [0.05, 0.1) is 12.7 Å². The Kier molecular flexibility index (Phi) is 6.94. The average Bonchev–Trinajstić information content (AvgIpc) is 3.10. The van der Waals surface area contributed by atoms with Crippen molar-refractivity contribution in [2.24, 2.45) is 0 Å². The quantitative estimate of drug-likeness (QED) is 0.362. The number of rotatable bonds is 10. The minimum atomic E-state index is -0.0190. The van der Waals surface area contributed by atoms with Gasteiger partial charge < -0.3 is 10.1 Å². The standard InChI is InChI=1S/C14H25NO2/c1-12(2)14(16)15-10-8-6-4-3-5-7-9-13-11-17-13/h13H,1,3-11H2,2H3,(H,15,16). The molecule has 1 aliphatic rings. The maximum Gasteiger partial charge on any atom is 0.246 e. The van der Waals surface area contributed by atoms with E-state index in [1.807, 2.05) is 0 Å². The van der Waals surface area contributed by atoms with Gasteiger partial charge in [-0.2, -0.15) is 0 Å². The van der Waals surface area contributed by atoms with Crippen LogP contribution < -0.4 is 5.32 Å². The second-order valence-corrected chi connectivity index (χ2v) is 4.90. The number of nitrogens with one attached hydrogen (secondary N) is 1. The second-order valence-electron chi connectivity index (χ2n) is 4.90. The first kappa shape index (κ1) is 14.2. The Morgan fingerprint density at radius 3 is 2.41 bits per heavy atom. The number of amides is 1. The lowest BCUT2D eigenvalue weighted by molar-refractivity contribution is -0.117. The molecule has 0 aromatic carbocycles. The van der Waals surface area contributed by atoms with Crippen molar-refractivity contribution in [2.45, 2.75) is 58.0 Å². The molecule has 0 spiro atoms. The van der Waals surface area contributed by atoms with Gasteiger partial charge >= 0.3 is 0 Å². The van der Waals surface area contributed by atoms with Crippen molar-refractivity contribution in [3.05, 3.63) is 12.2 Å². The van der Waals surface area contributed by atoms with Crippen molar-refractivity contribution in [1.82, 2.24) is 5.32 Å². The van der Waals surface area contributed by atoms with Crippen molar-refractivity contribution < 1.29 is 9.53 Å². The second kappa shape index (κ2) is 8.29. The van der Waals surface area contributed by atoms with Crippen LogP contribution in [0, 0.1) is 0 Å². The predicted octanol–water partition coefficient (Wildman–Crippen LogP) is 2.81. The summed E-state index contributed by atoms with van der Waals surface area (Å²) in [5, 5.41) is 2.85. The van der Waals surface area contributed by atoms with E-state index in [0.29, 0.717) is 11.7 Å². The fourth-order valence-electron chi connectivity index (χ4n) is 1.79. The predicted molar refractivity (Wildman–Crippen MR) is 69.9 cm³/mol. The molecule has 3 heteroatoms. The zero-order chi connectivity index (χ0) is 12.5. The highest BCUT2D eigenvalue weighted by atomic mass is 16.6. The summed E-state index contributed by atoms with van der Waals surface area (Å²) >= 11 is 0. The third-order valence-electron chi connectivity index (χ3n) is 3.03. The summed E-state index contributed by atoms with van der Waals surface area (Å²) in [6.07, 6.45) is 9.31. The van der Waals surface area contributed by atoms with Crippen molar-refractivity contribution in [3.8, 4) is 0 Å². The topological polar surface area (TPSA) is 41.6 Å². The molecule has 98 valence electrons. The smallest absolute Gasteiger partial charge is 0.246 e. The van der Waals surface area contributed by atoms with Crippen LogP contribution in [0.3, 0.4) is 0 Å². The monoisotopic (exact) mass is 239 g/mol. The third-order valence-corrected chi connectivity index (χ3v) is 3.03. The van der Waals surface area contributed by atoms with E-state index in [9.17, 15) is 4.79 Å². The third kappa shape index (κ3) is 7.97. The molecular formula is C14H25NO2. The van der Waals surface area contributed by atoms with Gasteiger partial charge in [0.2, 0.25) is 5.91 Å². The van der Waals surface area contributed by atoms with Crippen LogP contribution >= 0.6 is 0 Å². The van der Waals surface area contributed by atoms with Crippen LogP contribution in [0.25, 0.3) is 0 Å². The molecule has 0 aliphatic carbocycles. The molecular weight excluding hydrogens is 214 g/mol. The maximum absolute atomic E-state index is 11.2. The average molecular weight is 239 g/mol. The zero-order valence-corrected chi connectivity index (χ0v) is 11.0. The Labute approximate surface area is 105 Å². The molecule has 1 heterocycles. The van der Waals surface area contributed by atoms with Crippen LogP contribution in [0.4, 0.5) is 0 Å². The van der Waals surface area contributed by atoms with Crippen molar-refractivity contribution in [1.29, 1.82) is 0 Å². The van der Waals surface area contributed by atoms with E-state index >= 15 is 0 Å². The molecule has 1 aliphatic heterocycles. The summed E-state index contributed by atoms with van der Waals surface area (Å²) in [6.45, 7) is 7.10. The Hall–Kier alpha value is -0.830. The number of hydrogen-bond acceptors (Lipinski definition) is 2. The molecule has 0 radical (unpaired) electrons. The van der Waals surface area contributed by atoms with E-state index in [4.69, 9.17) is 4.74 Å². The zero-order valence-electron chi connectivity index (χ0n) is 11.0. The highest BCUT2D eigenvalue weighted by molar-refractivity contribution is 5.91. The van der Waals surface area contributed by atoms with Crippen LogP contribution in [-0.4, -0.2) is 25.2 Å². The molecule has 0 bridgehead atoms. The number of unbranched alkanes of at least 4 members (excludes halogenated alkanes) is 5. The number of epoxide rings is 1. The molecule has 1 N–H and O–H groups in total. The lowest BCUT2D eigenvalue weighted by atomic mass is 10.1. The fraction of sp³-hybridized carbons (Fsp3) is 0.786. The van der Waals surface area contributed by atoms with Crippen molar-refractivity contribution in [2.75, 3.05) is 13.2 Å². The van der Waals surface area contributed by atoms with E-state index in [1.165, 1.54) is 38.5 Å². The van der Waals surface area contributed by atoms with Crippen molar-refractivity contribution in [3.63, 3.8) is 0 Å². The summed E-state index contributed by atoms with van der Waals surface area (Å²) in [7, 11) is 0. The first-order valence-electron chi connectivity index (χ1n) is 6.75. The molecule has 0 aromatic heterocycles. The normalized spacial score (nSPS) is 17.8. The molecule has 1 fully saturated rings. The van der Waals surface area contributed by atoms with Gasteiger partial charge in [-0.3, -0.25) is 4.79 Å². The highest BCUT2D eigenvalue weighted by Crippen LogP contribution is 2.17. The van der Waals surface area contributed by atoms with Gasteiger partial charge in [0.1, 0.15) is 0 Å². The molecule has 0 saturated carbocycles. The Balaban J connectivity index is 1.74. The minimum Gasteiger partial charge on any atom is -0.373 e. The molecule has 17 heavy (non-hydrogen) atoms. The van der Waals surface area contributed by atoms with E-state index in [1.54, 1.807) is 6.92 Å². The molecule has 0 aromatic rings. The molecule has 1 amide bonds. The van der Waals surface area contributed by atoms with Gasteiger partial charge in [0.25, 0.3) is 0 Å². The lowest BCUT2D eigenvalue weighted by Crippen LogP contribution is -2.24. The Morgan fingerprint density at radius 2 is 1.82 bits per heavy atom. The Morgan fingerprint density at radius 1 is 1.24 bits per heavy atom. The van der Waals surface area contributed by atoms with Gasteiger partial charge in [0.15, 0.2) is 0 Å². The van der Waals surface area contributed by atoms with E-state index < -0.39 is 0 Å².